The molecule has 1 unspecified atom stereocenters. The Balaban J connectivity index is 0.000000248. The Morgan fingerprint density at radius 3 is 1.70 bits per heavy atom. The molecule has 0 fully saturated rings. The minimum atomic E-state index is 0. The standard InChI is InChI=1S/C13H9.C9H10.C8H11.2ClH.Zr/c1-3-7-12-10(5-1)9-11-6-2-4-8-13(11)12;1-2-6-9-7-4-3-5-8-9;1-6-4-7(2)8(3)5-6;;;/h1-9H;3-5,7-8H,2H2,1H3;4,6H,1-3H3;2*1H;/q-1;;-1;;;+2/p-2. The summed E-state index contributed by atoms with van der Waals surface area (Å²) >= 11 is 1.54. The van der Waals surface area contributed by atoms with Crippen LogP contribution in [0.2, 0.25) is 0 Å². The molecule has 0 heterocycles. The van der Waals surface area contributed by atoms with Gasteiger partial charge in [-0.2, -0.15) is 6.08 Å². The molecular weight excluding hydrogens is 522 g/mol. The summed E-state index contributed by atoms with van der Waals surface area (Å²) in [5, 5.41) is 5.39. The molecule has 0 aliphatic heterocycles. The average molecular weight is 553 g/mol. The smallest absolute Gasteiger partial charge is 0.0771 e. The third-order valence-electron chi connectivity index (χ3n) is 5.53. The van der Waals surface area contributed by atoms with Crippen molar-refractivity contribution in [2.24, 2.45) is 5.92 Å². The first kappa shape index (κ1) is 29.4. The van der Waals surface area contributed by atoms with E-state index in [-0.39, 0.29) is 24.8 Å². The van der Waals surface area contributed by atoms with Crippen molar-refractivity contribution in [3.8, 4) is 0 Å². The van der Waals surface area contributed by atoms with Crippen LogP contribution in [0, 0.1) is 12.0 Å². The van der Waals surface area contributed by atoms with E-state index in [1.807, 2.05) is 0 Å². The summed E-state index contributed by atoms with van der Waals surface area (Å²) in [5.41, 5.74) is 4.11. The Bertz CT molecular complexity index is 1150. The molecule has 0 bridgehead atoms. The molecule has 0 nitrogen and oxygen atoms in total. The first-order valence-electron chi connectivity index (χ1n) is 10.9. The van der Waals surface area contributed by atoms with Crippen LogP contribution in [0.15, 0.2) is 102 Å². The van der Waals surface area contributed by atoms with Crippen LogP contribution in [0.1, 0.15) is 39.7 Å². The van der Waals surface area contributed by atoms with E-state index in [9.17, 15) is 0 Å². The minimum Gasteiger partial charge on any atom is -1.00 e. The van der Waals surface area contributed by atoms with E-state index in [1.165, 1.54) is 68.9 Å². The van der Waals surface area contributed by atoms with E-state index in [2.05, 4.69) is 125 Å². The van der Waals surface area contributed by atoms with Crippen molar-refractivity contribution in [2.45, 2.75) is 34.1 Å². The van der Waals surface area contributed by atoms with Crippen molar-refractivity contribution in [2.75, 3.05) is 0 Å². The molecule has 0 N–H and O–H groups in total. The molecule has 0 saturated heterocycles. The summed E-state index contributed by atoms with van der Waals surface area (Å²) in [5.74, 6) is 0.551. The number of hydrogen-bond acceptors (Lipinski definition) is 0. The van der Waals surface area contributed by atoms with Gasteiger partial charge in [0.15, 0.2) is 0 Å². The monoisotopic (exact) mass is 550 g/mol. The Morgan fingerprint density at radius 2 is 1.30 bits per heavy atom. The number of allylic oxidation sites excluding steroid dienone is 4. The number of halogens is 2. The second kappa shape index (κ2) is 14.6. The van der Waals surface area contributed by atoms with Crippen LogP contribution in [0.3, 0.4) is 0 Å². The zero-order valence-corrected chi connectivity index (χ0v) is 23.7. The van der Waals surface area contributed by atoms with Crippen molar-refractivity contribution >= 4 is 24.8 Å². The molecule has 1 atom stereocenters. The number of benzene rings is 3. The molecule has 4 aromatic rings. The van der Waals surface area contributed by atoms with Gasteiger partial charge < -0.3 is 24.8 Å². The summed E-state index contributed by atoms with van der Waals surface area (Å²) in [6.45, 7) is 8.60. The predicted octanol–water partition coefficient (Wildman–Crippen LogP) is 2.22. The summed E-state index contributed by atoms with van der Waals surface area (Å²) in [6.07, 6.45) is 6.70. The molecule has 1 aliphatic carbocycles. The fraction of sp³-hybridized carbons (Fsp3) is 0.200. The third-order valence-corrected chi connectivity index (χ3v) is 7.11. The van der Waals surface area contributed by atoms with Crippen LogP contribution in [0.25, 0.3) is 21.5 Å². The zero-order valence-electron chi connectivity index (χ0n) is 19.7. The zero-order chi connectivity index (χ0) is 22.2. The summed E-state index contributed by atoms with van der Waals surface area (Å²) < 4.78 is 1.55. The molecule has 170 valence electrons. The van der Waals surface area contributed by atoms with Gasteiger partial charge in [0.2, 0.25) is 0 Å². The van der Waals surface area contributed by atoms with Gasteiger partial charge in [-0.05, 0) is 0 Å². The summed E-state index contributed by atoms with van der Waals surface area (Å²) in [7, 11) is 0. The second-order valence-corrected chi connectivity index (χ2v) is 9.41. The molecule has 0 amide bonds. The van der Waals surface area contributed by atoms with Gasteiger partial charge in [-0.15, -0.1) is 46.7 Å². The maximum absolute atomic E-state index is 3.29. The maximum atomic E-state index is 3.29. The SMILES string of the molecule is CC1=[C-]C(C)C=C1C.CC[C](=[Zr+2])c1ccccc1.[Cl-].[Cl-].c1ccc2c(c1)[cH-]c1ccccc12. The topological polar surface area (TPSA) is 0 Å². The van der Waals surface area contributed by atoms with Crippen LogP contribution < -0.4 is 24.8 Å². The van der Waals surface area contributed by atoms with Crippen LogP contribution >= 0.6 is 0 Å². The molecular formula is C30H30Cl2Zr-2. The molecule has 1 aliphatic rings. The van der Waals surface area contributed by atoms with Crippen LogP contribution in [-0.4, -0.2) is 3.21 Å². The van der Waals surface area contributed by atoms with Crippen molar-refractivity contribution in [3.05, 3.63) is 114 Å². The van der Waals surface area contributed by atoms with Gasteiger partial charge in [0.05, 0.1) is 0 Å². The van der Waals surface area contributed by atoms with Gasteiger partial charge in [0.25, 0.3) is 0 Å². The van der Waals surface area contributed by atoms with E-state index in [0.717, 1.165) is 0 Å². The van der Waals surface area contributed by atoms with Gasteiger partial charge in [0, 0.05) is 0 Å². The van der Waals surface area contributed by atoms with Crippen molar-refractivity contribution in [1.82, 2.24) is 0 Å². The summed E-state index contributed by atoms with van der Waals surface area (Å²) in [6, 6.07) is 29.9. The maximum Gasteiger partial charge on any atom is -0.0771 e. The third kappa shape index (κ3) is 8.25. The predicted molar refractivity (Wildman–Crippen MR) is 133 cm³/mol. The van der Waals surface area contributed by atoms with Crippen molar-refractivity contribution < 1.29 is 49.0 Å². The average Bonchev–Trinajstić information content (AvgIpc) is 3.32. The molecule has 0 spiro atoms. The Kier molecular flexibility index (Phi) is 13.0. The van der Waals surface area contributed by atoms with E-state index in [4.69, 9.17) is 0 Å². The number of fused-ring (bicyclic) bond motifs is 3. The first-order chi connectivity index (χ1) is 15.0. The molecule has 0 aromatic heterocycles. The fourth-order valence-corrected chi connectivity index (χ4v) is 4.15. The van der Waals surface area contributed by atoms with Gasteiger partial charge in [-0.3, -0.25) is 6.08 Å². The molecule has 0 saturated carbocycles. The number of rotatable bonds is 2. The van der Waals surface area contributed by atoms with Gasteiger partial charge in [-0.25, -0.2) is 11.1 Å². The molecule has 0 radical (unpaired) electrons. The van der Waals surface area contributed by atoms with E-state index in [0.29, 0.717) is 5.92 Å². The Hall–Kier alpha value is -1.66. The van der Waals surface area contributed by atoms with Crippen molar-refractivity contribution in [3.63, 3.8) is 0 Å². The number of hydrogen-bond donors (Lipinski definition) is 0. The molecule has 4 aromatic carbocycles. The Morgan fingerprint density at radius 1 is 0.818 bits per heavy atom. The Labute approximate surface area is 226 Å². The van der Waals surface area contributed by atoms with E-state index < -0.39 is 0 Å². The second-order valence-electron chi connectivity index (χ2n) is 7.92. The van der Waals surface area contributed by atoms with Gasteiger partial charge in [-0.1, -0.05) is 56.2 Å². The first-order valence-corrected chi connectivity index (χ1v) is 12.2. The van der Waals surface area contributed by atoms with Crippen molar-refractivity contribution in [1.29, 1.82) is 0 Å². The van der Waals surface area contributed by atoms with Gasteiger partial charge >= 0.3 is 76.7 Å². The van der Waals surface area contributed by atoms with E-state index in [1.54, 1.807) is 3.21 Å². The van der Waals surface area contributed by atoms with E-state index >= 15 is 0 Å². The van der Waals surface area contributed by atoms with Crippen LogP contribution in [-0.2, 0) is 24.2 Å². The minimum absolute atomic E-state index is 0. The van der Waals surface area contributed by atoms with Crippen LogP contribution in [0.4, 0.5) is 0 Å². The fourth-order valence-electron chi connectivity index (χ4n) is 3.74. The molecule has 5 rings (SSSR count). The molecule has 3 heteroatoms. The quantitative estimate of drug-likeness (QED) is 0.335. The molecule has 33 heavy (non-hydrogen) atoms. The van der Waals surface area contributed by atoms with Gasteiger partial charge in [0.1, 0.15) is 0 Å². The normalized spacial score (nSPS) is 13.9. The van der Waals surface area contributed by atoms with Crippen LogP contribution in [0.5, 0.6) is 0 Å². The largest absolute Gasteiger partial charge is 1.00 e. The summed E-state index contributed by atoms with van der Waals surface area (Å²) in [4.78, 5) is 0.